The van der Waals surface area contributed by atoms with Gasteiger partial charge in [-0.05, 0) is 43.7 Å². The Labute approximate surface area is 123 Å². The van der Waals surface area contributed by atoms with Gasteiger partial charge in [-0.2, -0.15) is 0 Å². The smallest absolute Gasteiger partial charge is 0.233 e. The summed E-state index contributed by atoms with van der Waals surface area (Å²) < 4.78 is 0. The summed E-state index contributed by atoms with van der Waals surface area (Å²) in [5.74, 6) is 0.0485. The molecule has 1 heterocycles. The van der Waals surface area contributed by atoms with Crippen LogP contribution in [-0.4, -0.2) is 16.1 Å². The van der Waals surface area contributed by atoms with Crippen LogP contribution in [0.4, 0.5) is 0 Å². The van der Waals surface area contributed by atoms with Crippen LogP contribution in [0, 0.1) is 6.92 Å². The largest absolute Gasteiger partial charge is 0.351 e. The van der Waals surface area contributed by atoms with Crippen LogP contribution in [0.1, 0.15) is 18.1 Å². The predicted octanol–water partition coefficient (Wildman–Crippen LogP) is 3.19. The molecule has 4 heteroatoms. The maximum Gasteiger partial charge on any atom is 0.233 e. The van der Waals surface area contributed by atoms with Crippen LogP contribution in [0.25, 0.3) is 0 Å². The molecule has 2 aromatic rings. The second-order valence-corrected chi connectivity index (χ2v) is 6.06. The van der Waals surface area contributed by atoms with Crippen molar-refractivity contribution in [3.8, 4) is 0 Å². The molecule has 0 aliphatic heterocycles. The Hall–Kier alpha value is -1.81. The summed E-state index contributed by atoms with van der Waals surface area (Å²) in [6.07, 6.45) is 3.46. The fraction of sp³-hybridized carbons (Fsp3) is 0.250. The van der Waals surface area contributed by atoms with Gasteiger partial charge in [-0.1, -0.05) is 17.7 Å². The van der Waals surface area contributed by atoms with Crippen LogP contribution < -0.4 is 5.32 Å². The van der Waals surface area contributed by atoms with Crippen molar-refractivity contribution in [2.24, 2.45) is 0 Å². The van der Waals surface area contributed by atoms with Gasteiger partial charge in [0.15, 0.2) is 0 Å². The van der Waals surface area contributed by atoms with Crippen molar-refractivity contribution < 1.29 is 4.79 Å². The van der Waals surface area contributed by atoms with E-state index in [0.717, 1.165) is 10.5 Å². The molecule has 0 bridgehead atoms. The molecule has 1 atom stereocenters. The summed E-state index contributed by atoms with van der Waals surface area (Å²) in [4.78, 5) is 17.1. The molecule has 1 aromatic carbocycles. The van der Waals surface area contributed by atoms with Gasteiger partial charge in [0.05, 0.1) is 5.25 Å². The van der Waals surface area contributed by atoms with Gasteiger partial charge in [0.1, 0.15) is 0 Å². The van der Waals surface area contributed by atoms with Crippen molar-refractivity contribution in [1.29, 1.82) is 0 Å². The Kier molecular flexibility index (Phi) is 5.18. The third-order valence-electron chi connectivity index (χ3n) is 2.92. The number of rotatable bonds is 5. The molecule has 0 unspecified atom stereocenters. The van der Waals surface area contributed by atoms with E-state index >= 15 is 0 Å². The van der Waals surface area contributed by atoms with E-state index in [2.05, 4.69) is 29.4 Å². The summed E-state index contributed by atoms with van der Waals surface area (Å²) in [7, 11) is 0. The van der Waals surface area contributed by atoms with Gasteiger partial charge >= 0.3 is 0 Å². The van der Waals surface area contributed by atoms with E-state index in [-0.39, 0.29) is 11.2 Å². The average molecular weight is 286 g/mol. The Morgan fingerprint density at radius 2 is 1.85 bits per heavy atom. The lowest BCUT2D eigenvalue weighted by atomic mass is 10.2. The van der Waals surface area contributed by atoms with E-state index < -0.39 is 0 Å². The Morgan fingerprint density at radius 3 is 2.50 bits per heavy atom. The normalized spacial score (nSPS) is 11.9. The molecule has 0 spiro atoms. The summed E-state index contributed by atoms with van der Waals surface area (Å²) in [6, 6.07) is 12.0. The van der Waals surface area contributed by atoms with E-state index in [4.69, 9.17) is 0 Å². The Balaban J connectivity index is 1.84. The summed E-state index contributed by atoms with van der Waals surface area (Å²) in [5, 5.41) is 2.83. The fourth-order valence-corrected chi connectivity index (χ4v) is 2.60. The standard InChI is InChI=1S/C16H18N2OS/c1-12-3-5-15(6-4-12)20-13(2)16(19)18-11-14-7-9-17-10-8-14/h3-10,13H,11H2,1-2H3,(H,18,19)/t13-/m1/s1. The van der Waals surface area contributed by atoms with Crippen molar-refractivity contribution >= 4 is 17.7 Å². The second kappa shape index (κ2) is 7.10. The first-order valence-corrected chi connectivity index (χ1v) is 7.43. The van der Waals surface area contributed by atoms with Crippen molar-refractivity contribution in [3.63, 3.8) is 0 Å². The van der Waals surface area contributed by atoms with Crippen molar-refractivity contribution in [2.45, 2.75) is 30.5 Å². The van der Waals surface area contributed by atoms with E-state index in [9.17, 15) is 4.79 Å². The lowest BCUT2D eigenvalue weighted by Gasteiger charge is -2.12. The lowest BCUT2D eigenvalue weighted by Crippen LogP contribution is -2.30. The number of hydrogen-bond donors (Lipinski definition) is 1. The minimum Gasteiger partial charge on any atom is -0.351 e. The SMILES string of the molecule is Cc1ccc(S[C@H](C)C(=O)NCc2ccncc2)cc1. The summed E-state index contributed by atoms with van der Waals surface area (Å²) in [6.45, 7) is 4.52. The number of pyridine rings is 1. The number of amides is 1. The monoisotopic (exact) mass is 286 g/mol. The van der Waals surface area contributed by atoms with Gasteiger partial charge in [-0.25, -0.2) is 0 Å². The van der Waals surface area contributed by atoms with Crippen LogP contribution in [0.15, 0.2) is 53.7 Å². The highest BCUT2D eigenvalue weighted by molar-refractivity contribution is 8.00. The zero-order valence-electron chi connectivity index (χ0n) is 11.7. The fourth-order valence-electron chi connectivity index (χ4n) is 1.71. The maximum atomic E-state index is 12.0. The molecule has 0 radical (unpaired) electrons. The van der Waals surface area contributed by atoms with Crippen LogP contribution in [0.5, 0.6) is 0 Å². The van der Waals surface area contributed by atoms with Crippen LogP contribution in [-0.2, 0) is 11.3 Å². The zero-order valence-corrected chi connectivity index (χ0v) is 12.5. The highest BCUT2D eigenvalue weighted by Crippen LogP contribution is 2.23. The van der Waals surface area contributed by atoms with Crippen LogP contribution in [0.3, 0.4) is 0 Å². The van der Waals surface area contributed by atoms with Crippen LogP contribution >= 0.6 is 11.8 Å². The molecule has 104 valence electrons. The number of aromatic nitrogens is 1. The molecular weight excluding hydrogens is 268 g/mol. The molecule has 0 saturated heterocycles. The average Bonchev–Trinajstić information content (AvgIpc) is 2.48. The number of nitrogens with zero attached hydrogens (tertiary/aromatic N) is 1. The first kappa shape index (κ1) is 14.6. The van der Waals surface area contributed by atoms with E-state index in [1.165, 1.54) is 5.56 Å². The molecule has 3 nitrogen and oxygen atoms in total. The molecule has 0 aliphatic rings. The molecule has 0 fully saturated rings. The third-order valence-corrected chi connectivity index (χ3v) is 4.03. The first-order chi connectivity index (χ1) is 9.65. The lowest BCUT2D eigenvalue weighted by molar-refractivity contribution is -0.120. The van der Waals surface area contributed by atoms with Gasteiger partial charge in [0, 0.05) is 23.8 Å². The number of thioether (sulfide) groups is 1. The Morgan fingerprint density at radius 1 is 1.20 bits per heavy atom. The molecule has 0 aliphatic carbocycles. The molecular formula is C16H18N2OS. The van der Waals surface area contributed by atoms with E-state index in [1.54, 1.807) is 24.2 Å². The number of nitrogens with one attached hydrogen (secondary N) is 1. The summed E-state index contributed by atoms with van der Waals surface area (Å²) in [5.41, 5.74) is 2.28. The molecule has 1 aromatic heterocycles. The van der Waals surface area contributed by atoms with Crippen molar-refractivity contribution in [3.05, 3.63) is 59.9 Å². The third kappa shape index (κ3) is 4.38. The highest BCUT2D eigenvalue weighted by Gasteiger charge is 2.13. The molecule has 2 rings (SSSR count). The van der Waals surface area contributed by atoms with Gasteiger partial charge in [0.25, 0.3) is 0 Å². The zero-order chi connectivity index (χ0) is 14.4. The van der Waals surface area contributed by atoms with E-state index in [1.807, 2.05) is 31.2 Å². The number of aryl methyl sites for hydroxylation is 1. The maximum absolute atomic E-state index is 12.0. The molecule has 1 N–H and O–H groups in total. The molecule has 0 saturated carbocycles. The molecule has 1 amide bonds. The number of benzene rings is 1. The summed E-state index contributed by atoms with van der Waals surface area (Å²) >= 11 is 1.57. The predicted molar refractivity (Wildman–Crippen MR) is 82.6 cm³/mol. The van der Waals surface area contributed by atoms with Crippen LogP contribution in [0.2, 0.25) is 0 Å². The van der Waals surface area contributed by atoms with E-state index in [0.29, 0.717) is 6.54 Å². The minimum absolute atomic E-state index is 0.0485. The quantitative estimate of drug-likeness (QED) is 0.858. The second-order valence-electron chi connectivity index (χ2n) is 4.65. The van der Waals surface area contributed by atoms with Gasteiger partial charge in [-0.3, -0.25) is 9.78 Å². The van der Waals surface area contributed by atoms with Crippen molar-refractivity contribution in [1.82, 2.24) is 10.3 Å². The number of carbonyl (C=O) groups excluding carboxylic acids is 1. The highest BCUT2D eigenvalue weighted by atomic mass is 32.2. The van der Waals surface area contributed by atoms with Gasteiger partial charge in [-0.15, -0.1) is 11.8 Å². The number of hydrogen-bond acceptors (Lipinski definition) is 3. The number of carbonyl (C=O) groups is 1. The van der Waals surface area contributed by atoms with Crippen molar-refractivity contribution in [2.75, 3.05) is 0 Å². The van der Waals surface area contributed by atoms with Gasteiger partial charge in [0.2, 0.25) is 5.91 Å². The first-order valence-electron chi connectivity index (χ1n) is 6.55. The molecule has 20 heavy (non-hydrogen) atoms. The van der Waals surface area contributed by atoms with Gasteiger partial charge < -0.3 is 5.32 Å². The Bertz CT molecular complexity index is 554. The topological polar surface area (TPSA) is 42.0 Å². The minimum atomic E-state index is -0.112.